The van der Waals surface area contributed by atoms with Crippen LogP contribution < -0.4 is 0 Å². The van der Waals surface area contributed by atoms with Crippen LogP contribution >= 0.6 is 11.3 Å². The first-order valence-corrected chi connectivity index (χ1v) is 30.7. The Kier molecular flexibility index (Phi) is 11.4. The van der Waals surface area contributed by atoms with Crippen LogP contribution in [0.1, 0.15) is 111 Å². The van der Waals surface area contributed by atoms with E-state index in [4.69, 9.17) is 4.98 Å². The molecule has 5 aromatic heterocycles. The van der Waals surface area contributed by atoms with Gasteiger partial charge in [0.25, 0.3) is 0 Å². The molecule has 10 aromatic carbocycles. The van der Waals surface area contributed by atoms with Crippen molar-refractivity contribution in [1.29, 1.82) is 5.26 Å². The molecule has 0 amide bonds. The van der Waals surface area contributed by atoms with Gasteiger partial charge in [0.2, 0.25) is 0 Å². The summed E-state index contributed by atoms with van der Waals surface area (Å²) in [6, 6.07) is 75.2. The van der Waals surface area contributed by atoms with Crippen molar-refractivity contribution in [3.63, 3.8) is 0 Å². The number of nitrogens with zero attached hydrogens (tertiary/aromatic N) is 6. The molecule has 0 fully saturated rings. The monoisotopic (exact) mass is 1120 g/mol. The topological polar surface area (TPSA) is 56.4 Å². The lowest BCUT2D eigenvalue weighted by atomic mass is 9.86. The molecule has 0 atom stereocenters. The van der Waals surface area contributed by atoms with E-state index >= 15 is 0 Å². The summed E-state index contributed by atoms with van der Waals surface area (Å²) in [7, 11) is 0. The van der Waals surface area contributed by atoms with E-state index < -0.39 is 0 Å². The van der Waals surface area contributed by atoms with E-state index in [1.165, 1.54) is 22.3 Å². The van der Waals surface area contributed by atoms with Gasteiger partial charge in [-0.2, -0.15) is 5.26 Å². The summed E-state index contributed by atoms with van der Waals surface area (Å²) in [5.41, 5.74) is 18.4. The minimum absolute atomic E-state index is 0.119. The first-order chi connectivity index (χ1) is 40.7. The molecule has 15 aromatic rings. The maximum atomic E-state index is 13.1. The highest BCUT2D eigenvalue weighted by Crippen LogP contribution is 2.53. The highest BCUT2D eigenvalue weighted by atomic mass is 32.1. The van der Waals surface area contributed by atoms with Gasteiger partial charge in [-0.15, -0.1) is 11.3 Å². The minimum Gasteiger partial charge on any atom is -0.307 e. The molecule has 0 radical (unpaired) electrons. The lowest BCUT2D eigenvalue weighted by Crippen LogP contribution is -2.17. The lowest BCUT2D eigenvalue weighted by molar-refractivity contribution is 0.591. The van der Waals surface area contributed by atoms with Gasteiger partial charge < -0.3 is 18.3 Å². The Morgan fingerprint density at radius 1 is 0.329 bits per heavy atom. The number of hydrogen-bond acceptors (Lipinski definition) is 3. The average molecular weight is 1120 g/mol. The summed E-state index contributed by atoms with van der Waals surface area (Å²) in [4.78, 5) is 5.79. The third kappa shape index (κ3) is 7.91. The second-order valence-corrected chi connectivity index (χ2v) is 28.6. The number of benzene rings is 10. The molecule has 0 saturated heterocycles. The molecule has 85 heavy (non-hydrogen) atoms. The Morgan fingerprint density at radius 2 is 0.635 bits per heavy atom. The SMILES string of the molecule is CC(C)(C)c1ccc2c(c1)c1ccccc1n2-c1c(C#N)c(-n2c3ccccc3c3cc(C(C)(C)C)ccc32)c(-n2c3ccccc3c3cc(C(C)(C)C)ccc32)c(-n2c3ccccc3c3cc(C(C)(C)C)ccc32)c1-c1nc2ccccc2s1. The molecule has 7 heteroatoms. The molecule has 6 nitrogen and oxygen atoms in total. The van der Waals surface area contributed by atoms with Crippen LogP contribution in [-0.2, 0) is 21.7 Å². The van der Waals surface area contributed by atoms with E-state index in [0.717, 1.165) is 131 Å². The van der Waals surface area contributed by atoms with Gasteiger partial charge in [-0.05, 0) is 129 Å². The van der Waals surface area contributed by atoms with Crippen LogP contribution in [0.3, 0.4) is 0 Å². The molecule has 0 N–H and O–H groups in total. The fourth-order valence-corrected chi connectivity index (χ4v) is 14.6. The van der Waals surface area contributed by atoms with E-state index in [1.807, 2.05) is 0 Å². The van der Waals surface area contributed by atoms with Gasteiger partial charge in [-0.1, -0.05) is 192 Å². The first-order valence-electron chi connectivity index (χ1n) is 29.9. The van der Waals surface area contributed by atoms with Crippen LogP contribution in [0.5, 0.6) is 0 Å². The molecule has 0 spiro atoms. The molecule has 0 aliphatic carbocycles. The molecule has 0 unspecified atom stereocenters. The fraction of sp³-hybridized carbons (Fsp3) is 0.205. The van der Waals surface area contributed by atoms with Gasteiger partial charge in [-0.25, -0.2) is 4.98 Å². The van der Waals surface area contributed by atoms with Gasteiger partial charge in [0.1, 0.15) is 16.6 Å². The van der Waals surface area contributed by atoms with Crippen molar-refractivity contribution in [2.24, 2.45) is 0 Å². The predicted octanol–water partition coefficient (Wildman–Crippen LogP) is 21.4. The maximum Gasteiger partial charge on any atom is 0.128 e. The van der Waals surface area contributed by atoms with E-state index in [9.17, 15) is 5.26 Å². The third-order valence-corrected chi connectivity index (χ3v) is 19.1. The second kappa shape index (κ2) is 18.4. The summed E-state index contributed by atoms with van der Waals surface area (Å²) >= 11 is 1.69. The normalized spacial score (nSPS) is 12.9. The number of rotatable bonds is 5. The highest BCUT2D eigenvalue weighted by Gasteiger charge is 2.37. The summed E-state index contributed by atoms with van der Waals surface area (Å²) in [6.07, 6.45) is 0. The van der Waals surface area contributed by atoms with Crippen molar-refractivity contribution >= 4 is 109 Å². The number of aromatic nitrogens is 5. The molecule has 5 heterocycles. The van der Waals surface area contributed by atoms with Crippen LogP contribution in [0.25, 0.3) is 131 Å². The number of fused-ring (bicyclic) bond motifs is 13. The second-order valence-electron chi connectivity index (χ2n) is 27.6. The zero-order chi connectivity index (χ0) is 58.8. The third-order valence-electron chi connectivity index (χ3n) is 18.1. The summed E-state index contributed by atoms with van der Waals surface area (Å²) in [6.45, 7) is 27.5. The van der Waals surface area contributed by atoms with E-state index in [2.05, 4.69) is 302 Å². The van der Waals surface area contributed by atoms with Crippen molar-refractivity contribution < 1.29 is 0 Å². The zero-order valence-corrected chi connectivity index (χ0v) is 51.4. The summed E-state index contributed by atoms with van der Waals surface area (Å²) in [5, 5.41) is 23.0. The number of hydrogen-bond donors (Lipinski definition) is 0. The Morgan fingerprint density at radius 3 is 0.988 bits per heavy atom. The van der Waals surface area contributed by atoms with Crippen molar-refractivity contribution in [3.05, 3.63) is 222 Å². The molecule has 0 aliphatic rings. The van der Waals surface area contributed by atoms with E-state index in [-0.39, 0.29) is 21.7 Å². The standard InChI is InChI=1S/C78H68N6S/c1-75(2,3)46-33-37-64-54(41-46)50-23-13-18-28-60(50)81(64)70-58(45-79)71(82-61-29-19-14-24-51(61)55-42-47(76(4,5)6)34-38-65(55)82)73(84-63-31-21-16-26-53(63)57-44-49(78(10,11)12)36-40-67(57)84)72(69(70)74-80-59-27-17-22-32-68(59)85-74)83-62-30-20-15-25-52(62)56-43-48(77(7,8)9)35-39-66(56)83/h13-44H,1-12H3. The largest absolute Gasteiger partial charge is 0.307 e. The van der Waals surface area contributed by atoms with Crippen LogP contribution in [0.4, 0.5) is 0 Å². The average Bonchev–Trinajstić information content (AvgIpc) is 1.63. The summed E-state index contributed by atoms with van der Waals surface area (Å²) < 4.78 is 11.0. The predicted molar refractivity (Wildman–Crippen MR) is 362 cm³/mol. The molecule has 0 saturated carbocycles. The Labute approximate surface area is 500 Å². The molecule has 15 rings (SSSR count). The van der Waals surface area contributed by atoms with Crippen molar-refractivity contribution in [2.45, 2.75) is 105 Å². The fourth-order valence-electron chi connectivity index (χ4n) is 13.6. The zero-order valence-electron chi connectivity index (χ0n) is 50.6. The van der Waals surface area contributed by atoms with Crippen molar-refractivity contribution in [3.8, 4) is 39.4 Å². The first kappa shape index (κ1) is 52.6. The molecule has 0 aliphatic heterocycles. The minimum atomic E-state index is -0.124. The van der Waals surface area contributed by atoms with Gasteiger partial charge in [0.15, 0.2) is 0 Å². The van der Waals surface area contributed by atoms with Crippen LogP contribution in [0.15, 0.2) is 194 Å². The Balaban J connectivity index is 1.30. The van der Waals surface area contributed by atoms with Crippen molar-refractivity contribution in [1.82, 2.24) is 23.3 Å². The van der Waals surface area contributed by atoms with Crippen LogP contribution in [-0.4, -0.2) is 23.3 Å². The van der Waals surface area contributed by atoms with Gasteiger partial charge in [0.05, 0.1) is 82.7 Å². The quantitative estimate of drug-likeness (QED) is 0.172. The molecule has 0 bridgehead atoms. The molecular formula is C78H68N6S. The maximum absolute atomic E-state index is 13.1. The van der Waals surface area contributed by atoms with Gasteiger partial charge in [0, 0.05) is 43.1 Å². The van der Waals surface area contributed by atoms with Crippen LogP contribution in [0.2, 0.25) is 0 Å². The Bertz CT molecular complexity index is 5330. The Hall–Kier alpha value is -9.22. The van der Waals surface area contributed by atoms with Crippen molar-refractivity contribution in [2.75, 3.05) is 0 Å². The smallest absolute Gasteiger partial charge is 0.128 e. The lowest BCUT2D eigenvalue weighted by Gasteiger charge is -2.29. The highest BCUT2D eigenvalue weighted by molar-refractivity contribution is 7.21. The van der Waals surface area contributed by atoms with E-state index in [1.54, 1.807) is 11.3 Å². The van der Waals surface area contributed by atoms with Gasteiger partial charge >= 0.3 is 0 Å². The molecular weight excluding hydrogens is 1050 g/mol. The molecule has 416 valence electrons. The number of para-hydroxylation sites is 5. The van der Waals surface area contributed by atoms with E-state index in [0.29, 0.717) is 5.56 Å². The summed E-state index contributed by atoms with van der Waals surface area (Å²) in [5.74, 6) is 0. The number of thiazole rings is 1. The van der Waals surface area contributed by atoms with Gasteiger partial charge in [-0.3, -0.25) is 0 Å². The van der Waals surface area contributed by atoms with Crippen LogP contribution in [0, 0.1) is 11.3 Å². The number of nitriles is 1.